The highest BCUT2D eigenvalue weighted by Crippen LogP contribution is 2.32. The Balaban J connectivity index is 0.00000101. The Morgan fingerprint density at radius 1 is 1.30 bits per heavy atom. The first-order valence-corrected chi connectivity index (χ1v) is 8.98. The zero-order valence-corrected chi connectivity index (χ0v) is 16.4. The van der Waals surface area contributed by atoms with Gasteiger partial charge in [0.15, 0.2) is 5.82 Å². The van der Waals surface area contributed by atoms with Gasteiger partial charge >= 0.3 is 12.2 Å². The molecule has 1 aliphatic heterocycles. The first-order chi connectivity index (χ1) is 14.1. The number of carboxylic acid groups (broad SMARTS) is 1. The number of amides is 3. The van der Waals surface area contributed by atoms with E-state index < -0.39 is 11.7 Å². The van der Waals surface area contributed by atoms with Crippen molar-refractivity contribution in [3.8, 4) is 0 Å². The molecule has 0 aliphatic carbocycles. The second-order valence-electron chi connectivity index (χ2n) is 6.86. The molecule has 0 radical (unpaired) electrons. The fourth-order valence-corrected chi connectivity index (χ4v) is 3.13. The van der Waals surface area contributed by atoms with Gasteiger partial charge in [0.05, 0.1) is 11.1 Å². The Morgan fingerprint density at radius 3 is 2.43 bits per heavy atom. The van der Waals surface area contributed by atoms with E-state index in [1.54, 1.807) is 19.0 Å². The van der Waals surface area contributed by atoms with Crippen LogP contribution in [0, 0.1) is 5.92 Å². The Morgan fingerprint density at radius 2 is 1.90 bits per heavy atom. The van der Waals surface area contributed by atoms with E-state index in [0.29, 0.717) is 31.3 Å². The molecule has 2 aromatic rings. The van der Waals surface area contributed by atoms with Crippen LogP contribution in [0.5, 0.6) is 0 Å². The van der Waals surface area contributed by atoms with Gasteiger partial charge in [-0.25, -0.2) is 4.79 Å². The maximum Gasteiger partial charge on any atom is 0.416 e. The number of hydrogen-bond donors (Lipinski definition) is 3. The number of piperidine rings is 1. The van der Waals surface area contributed by atoms with Crippen LogP contribution in [-0.2, 0) is 15.8 Å². The topological polar surface area (TPSA) is 119 Å². The zero-order valence-electron chi connectivity index (χ0n) is 16.4. The number of halogens is 3. The summed E-state index contributed by atoms with van der Waals surface area (Å²) in [6.45, 7) is 0.705. The minimum absolute atomic E-state index is 0.0902. The number of fused-ring (bicyclic) bond motifs is 1. The van der Waals surface area contributed by atoms with Crippen molar-refractivity contribution in [1.29, 1.82) is 0 Å². The second kappa shape index (κ2) is 9.46. The lowest BCUT2D eigenvalue weighted by Crippen LogP contribution is -2.45. The molecule has 1 aliphatic rings. The number of rotatable bonds is 2. The number of alkyl halides is 3. The maximum atomic E-state index is 12.8. The summed E-state index contributed by atoms with van der Waals surface area (Å²) < 4.78 is 38.3. The number of benzene rings is 1. The lowest BCUT2D eigenvalue weighted by atomic mass is 9.96. The van der Waals surface area contributed by atoms with Crippen LogP contribution in [0.4, 0.5) is 23.8 Å². The SMILES string of the molecule is CN(C)C(=O)N1CCC(C(=O)Nc2n[nH]c3cc(C(F)(F)F)ccc23)CC1.O=CO. The van der Waals surface area contributed by atoms with E-state index >= 15 is 0 Å². The van der Waals surface area contributed by atoms with Gasteiger partial charge < -0.3 is 20.2 Å². The van der Waals surface area contributed by atoms with Crippen molar-refractivity contribution in [2.24, 2.45) is 5.92 Å². The molecule has 9 nitrogen and oxygen atoms in total. The number of hydrogen-bond acceptors (Lipinski definition) is 4. The number of nitrogens with zero attached hydrogens (tertiary/aromatic N) is 3. The third kappa shape index (κ3) is 5.39. The van der Waals surface area contributed by atoms with Crippen LogP contribution in [0.3, 0.4) is 0 Å². The van der Waals surface area contributed by atoms with Crippen LogP contribution >= 0.6 is 0 Å². The third-order valence-electron chi connectivity index (χ3n) is 4.65. The summed E-state index contributed by atoms with van der Waals surface area (Å²) in [5, 5.41) is 16.4. The maximum absolute atomic E-state index is 12.8. The van der Waals surface area contributed by atoms with Crippen LogP contribution in [0.15, 0.2) is 18.2 Å². The van der Waals surface area contributed by atoms with Crippen LogP contribution in [-0.4, -0.2) is 70.7 Å². The average Bonchev–Trinajstić information content (AvgIpc) is 3.09. The van der Waals surface area contributed by atoms with Gasteiger partial charge in [0.25, 0.3) is 6.47 Å². The number of nitrogens with one attached hydrogen (secondary N) is 2. The Kier molecular flexibility index (Phi) is 7.24. The second-order valence-corrected chi connectivity index (χ2v) is 6.86. The molecule has 2 heterocycles. The Labute approximate surface area is 169 Å². The summed E-state index contributed by atoms with van der Waals surface area (Å²) in [7, 11) is 3.35. The van der Waals surface area contributed by atoms with Gasteiger partial charge in [-0.05, 0) is 31.0 Å². The molecule has 1 saturated heterocycles. The molecule has 30 heavy (non-hydrogen) atoms. The van der Waals surface area contributed by atoms with Crippen LogP contribution in [0.1, 0.15) is 18.4 Å². The quantitative estimate of drug-likeness (QED) is 0.634. The third-order valence-corrected chi connectivity index (χ3v) is 4.65. The van der Waals surface area contributed by atoms with E-state index in [1.807, 2.05) is 0 Å². The standard InChI is InChI=1S/C17H20F3N5O2.CH2O2/c1-24(2)16(27)25-7-5-10(6-8-25)15(26)21-14-12-4-3-11(17(18,19)20)9-13(12)22-23-14;2-1-3/h3-4,9-10H,5-8H2,1-2H3,(H2,21,22,23,26);1H,(H,2,3). The molecule has 12 heteroatoms. The van der Waals surface area contributed by atoms with Gasteiger partial charge in [-0.1, -0.05) is 0 Å². The van der Waals surface area contributed by atoms with Crippen LogP contribution in [0.2, 0.25) is 0 Å². The van der Waals surface area contributed by atoms with E-state index in [4.69, 9.17) is 9.90 Å². The predicted octanol–water partition coefficient (Wildman–Crippen LogP) is 2.61. The molecule has 3 N–H and O–H groups in total. The van der Waals surface area contributed by atoms with E-state index in [0.717, 1.165) is 12.1 Å². The number of H-pyrrole nitrogens is 1. The minimum Gasteiger partial charge on any atom is -0.483 e. The molecular weight excluding hydrogens is 407 g/mol. The molecule has 3 rings (SSSR count). The average molecular weight is 429 g/mol. The zero-order chi connectivity index (χ0) is 22.5. The summed E-state index contributed by atoms with van der Waals surface area (Å²) in [6, 6.07) is 3.12. The summed E-state index contributed by atoms with van der Waals surface area (Å²) in [5.74, 6) is -0.326. The highest BCUT2D eigenvalue weighted by molar-refractivity contribution is 6.00. The van der Waals surface area contributed by atoms with Crippen molar-refractivity contribution in [3.63, 3.8) is 0 Å². The molecule has 0 spiro atoms. The molecule has 1 aromatic carbocycles. The molecule has 164 valence electrons. The summed E-state index contributed by atoms with van der Waals surface area (Å²) in [6.07, 6.45) is -3.40. The molecule has 0 bridgehead atoms. The number of aromatic amines is 1. The lowest BCUT2D eigenvalue weighted by Gasteiger charge is -2.32. The van der Waals surface area contributed by atoms with E-state index in [9.17, 15) is 22.8 Å². The number of anilines is 1. The molecule has 1 fully saturated rings. The highest BCUT2D eigenvalue weighted by atomic mass is 19.4. The van der Waals surface area contributed by atoms with E-state index in [2.05, 4.69) is 15.5 Å². The van der Waals surface area contributed by atoms with Crippen molar-refractivity contribution in [3.05, 3.63) is 23.8 Å². The minimum atomic E-state index is -4.44. The fraction of sp³-hybridized carbons (Fsp3) is 0.444. The Bertz CT molecular complexity index is 905. The molecule has 3 amide bonds. The van der Waals surface area contributed by atoms with Gasteiger partial charge in [-0.15, -0.1) is 0 Å². The normalized spacial score (nSPS) is 14.6. The van der Waals surface area contributed by atoms with Crippen molar-refractivity contribution in [1.82, 2.24) is 20.0 Å². The van der Waals surface area contributed by atoms with Gasteiger partial charge in [-0.2, -0.15) is 18.3 Å². The monoisotopic (exact) mass is 429 g/mol. The van der Waals surface area contributed by atoms with Gasteiger partial charge in [0.1, 0.15) is 0 Å². The van der Waals surface area contributed by atoms with E-state index in [-0.39, 0.29) is 35.7 Å². The molecular formula is C18H22F3N5O4. The van der Waals surface area contributed by atoms with Crippen molar-refractivity contribution in [2.75, 3.05) is 32.5 Å². The van der Waals surface area contributed by atoms with Crippen molar-refractivity contribution >= 4 is 35.1 Å². The first-order valence-electron chi connectivity index (χ1n) is 8.98. The number of aromatic nitrogens is 2. The van der Waals surface area contributed by atoms with Gasteiger partial charge in [0.2, 0.25) is 5.91 Å². The van der Waals surface area contributed by atoms with Crippen LogP contribution < -0.4 is 5.32 Å². The largest absolute Gasteiger partial charge is 0.483 e. The van der Waals surface area contributed by atoms with E-state index in [1.165, 1.54) is 11.0 Å². The summed E-state index contributed by atoms with van der Waals surface area (Å²) in [5.41, 5.74) is -0.582. The van der Waals surface area contributed by atoms with Crippen molar-refractivity contribution in [2.45, 2.75) is 19.0 Å². The van der Waals surface area contributed by atoms with Gasteiger partial charge in [-0.3, -0.25) is 14.7 Å². The first kappa shape index (κ1) is 23.0. The number of urea groups is 1. The predicted molar refractivity (Wildman–Crippen MR) is 102 cm³/mol. The highest BCUT2D eigenvalue weighted by Gasteiger charge is 2.31. The smallest absolute Gasteiger partial charge is 0.416 e. The molecule has 1 aromatic heterocycles. The van der Waals surface area contributed by atoms with Gasteiger partial charge in [0, 0.05) is 38.5 Å². The van der Waals surface area contributed by atoms with Crippen molar-refractivity contribution < 1.29 is 32.7 Å². The summed E-state index contributed by atoms with van der Waals surface area (Å²) >= 11 is 0. The molecule has 0 unspecified atom stereocenters. The molecule has 0 saturated carbocycles. The molecule has 0 atom stereocenters. The lowest BCUT2D eigenvalue weighted by molar-refractivity contribution is -0.137. The summed E-state index contributed by atoms with van der Waals surface area (Å²) in [4.78, 5) is 36.0. The number of carbonyl (C=O) groups is 3. The van der Waals surface area contributed by atoms with Crippen LogP contribution in [0.25, 0.3) is 10.9 Å². The number of carbonyl (C=O) groups excluding carboxylic acids is 2. The number of likely N-dealkylation sites (tertiary alicyclic amines) is 1. The Hall–Kier alpha value is -3.31. The fourth-order valence-electron chi connectivity index (χ4n) is 3.13.